The van der Waals surface area contributed by atoms with Gasteiger partial charge in [0, 0.05) is 17.8 Å². The Morgan fingerprint density at radius 3 is 2.81 bits per heavy atom. The van der Waals surface area contributed by atoms with Gasteiger partial charge in [-0.3, -0.25) is 9.89 Å². The summed E-state index contributed by atoms with van der Waals surface area (Å²) in [6.07, 6.45) is -5.16. The highest BCUT2D eigenvalue weighted by molar-refractivity contribution is 5.92. The Morgan fingerprint density at radius 2 is 2.10 bits per heavy atom. The zero-order chi connectivity index (χ0) is 22.2. The summed E-state index contributed by atoms with van der Waals surface area (Å²) in [5.74, 6) is 0.0602. The minimum absolute atomic E-state index is 0.0158. The minimum Gasteiger partial charge on any atom is -0.365 e. The number of aromatic nitrogens is 4. The van der Waals surface area contributed by atoms with E-state index < -0.39 is 17.8 Å². The maximum Gasteiger partial charge on any atom is 0.416 e. The van der Waals surface area contributed by atoms with Crippen molar-refractivity contribution in [1.82, 2.24) is 25.2 Å². The summed E-state index contributed by atoms with van der Waals surface area (Å²) >= 11 is 0. The van der Waals surface area contributed by atoms with Crippen LogP contribution >= 0.6 is 0 Å². The predicted octanol–water partition coefficient (Wildman–Crippen LogP) is 3.82. The lowest BCUT2D eigenvalue weighted by atomic mass is 10.1. The van der Waals surface area contributed by atoms with E-state index in [9.17, 15) is 18.0 Å². The van der Waals surface area contributed by atoms with E-state index in [-0.39, 0.29) is 42.3 Å². The lowest BCUT2D eigenvalue weighted by Gasteiger charge is -2.30. The molecule has 4 rings (SSSR count). The first-order valence-electron chi connectivity index (χ1n) is 9.70. The van der Waals surface area contributed by atoms with Gasteiger partial charge >= 0.3 is 6.18 Å². The third kappa shape index (κ3) is 4.46. The number of nitrogens with zero attached hydrogens (tertiary/aromatic N) is 4. The van der Waals surface area contributed by atoms with Gasteiger partial charge in [-0.2, -0.15) is 23.3 Å². The van der Waals surface area contributed by atoms with Crippen molar-refractivity contribution in [2.75, 3.05) is 19.7 Å². The van der Waals surface area contributed by atoms with Crippen LogP contribution in [-0.2, 0) is 10.9 Å². The number of aromatic amines is 1. The molecule has 31 heavy (non-hydrogen) atoms. The van der Waals surface area contributed by atoms with Crippen molar-refractivity contribution in [3.8, 4) is 11.4 Å². The van der Waals surface area contributed by atoms with Crippen LogP contribution in [0.15, 0.2) is 34.9 Å². The molecule has 3 heterocycles. The average Bonchev–Trinajstić information content (AvgIpc) is 3.43. The molecule has 3 aromatic rings. The Bertz CT molecular complexity index is 1080. The van der Waals surface area contributed by atoms with Crippen LogP contribution in [0.3, 0.4) is 0 Å². The van der Waals surface area contributed by atoms with E-state index in [4.69, 9.17) is 9.26 Å². The number of carbonyl (C=O) groups is 1. The summed E-state index contributed by atoms with van der Waals surface area (Å²) in [7, 11) is 0. The molecule has 1 saturated heterocycles. The lowest BCUT2D eigenvalue weighted by Crippen LogP contribution is -2.42. The van der Waals surface area contributed by atoms with E-state index >= 15 is 0 Å². The Kier molecular flexibility index (Phi) is 5.52. The highest BCUT2D eigenvalue weighted by Crippen LogP contribution is 2.32. The molecule has 8 nitrogen and oxygen atoms in total. The second kappa shape index (κ2) is 8.14. The summed E-state index contributed by atoms with van der Waals surface area (Å²) in [4.78, 5) is 18.5. The van der Waals surface area contributed by atoms with Crippen molar-refractivity contribution in [2.24, 2.45) is 0 Å². The van der Waals surface area contributed by atoms with Gasteiger partial charge in [0.25, 0.3) is 11.8 Å². The summed E-state index contributed by atoms with van der Waals surface area (Å²) in [5, 5.41) is 10.7. The summed E-state index contributed by atoms with van der Waals surface area (Å²) < 4.78 is 49.7. The lowest BCUT2D eigenvalue weighted by molar-refractivity contribution is -0.137. The maximum absolute atomic E-state index is 13.0. The molecule has 0 bridgehead atoms. The molecule has 0 unspecified atom stereocenters. The number of morpholine rings is 1. The summed E-state index contributed by atoms with van der Waals surface area (Å²) in [6.45, 7) is 4.76. The van der Waals surface area contributed by atoms with Crippen molar-refractivity contribution in [1.29, 1.82) is 0 Å². The number of halogens is 3. The van der Waals surface area contributed by atoms with Crippen molar-refractivity contribution in [3.05, 3.63) is 53.2 Å². The fourth-order valence-electron chi connectivity index (χ4n) is 3.20. The molecule has 1 N–H and O–H groups in total. The molecule has 1 aliphatic rings. The van der Waals surface area contributed by atoms with Crippen molar-refractivity contribution < 1.29 is 27.2 Å². The molecule has 1 fully saturated rings. The number of rotatable bonds is 4. The molecule has 1 amide bonds. The zero-order valence-electron chi connectivity index (χ0n) is 16.8. The fourth-order valence-corrected chi connectivity index (χ4v) is 3.20. The van der Waals surface area contributed by atoms with E-state index in [1.165, 1.54) is 12.1 Å². The molecule has 1 atom stereocenters. The van der Waals surface area contributed by atoms with E-state index in [1.54, 1.807) is 11.0 Å². The first-order valence-corrected chi connectivity index (χ1v) is 9.70. The highest BCUT2D eigenvalue weighted by Gasteiger charge is 2.33. The molecular formula is C20H20F3N5O3. The van der Waals surface area contributed by atoms with Crippen molar-refractivity contribution >= 4 is 5.91 Å². The topological polar surface area (TPSA) is 97.1 Å². The quantitative estimate of drug-likeness (QED) is 0.669. The van der Waals surface area contributed by atoms with Gasteiger partial charge in [-0.25, -0.2) is 0 Å². The van der Waals surface area contributed by atoms with Gasteiger partial charge in [-0.1, -0.05) is 31.1 Å². The van der Waals surface area contributed by atoms with Crippen LogP contribution in [-0.4, -0.2) is 50.8 Å². The normalized spacial score (nSPS) is 17.4. The Hall–Kier alpha value is -3.21. The number of carbonyl (C=O) groups excluding carboxylic acids is 1. The molecule has 0 aliphatic carbocycles. The number of alkyl halides is 3. The Morgan fingerprint density at radius 1 is 1.29 bits per heavy atom. The van der Waals surface area contributed by atoms with E-state index in [2.05, 4.69) is 20.3 Å². The van der Waals surface area contributed by atoms with E-state index in [0.717, 1.165) is 17.8 Å². The third-order valence-electron chi connectivity index (χ3n) is 4.96. The number of hydrogen-bond donors (Lipinski definition) is 1. The second-order valence-corrected chi connectivity index (χ2v) is 7.51. The Balaban J connectivity index is 1.49. The first kappa shape index (κ1) is 21.0. The van der Waals surface area contributed by atoms with Crippen molar-refractivity contribution in [2.45, 2.75) is 32.0 Å². The monoisotopic (exact) mass is 435 g/mol. The third-order valence-corrected chi connectivity index (χ3v) is 4.96. The van der Waals surface area contributed by atoms with E-state index in [0.29, 0.717) is 12.2 Å². The summed E-state index contributed by atoms with van der Waals surface area (Å²) in [5.41, 5.74) is 0.531. The molecule has 0 spiro atoms. The van der Waals surface area contributed by atoms with Gasteiger partial charge < -0.3 is 14.2 Å². The van der Waals surface area contributed by atoms with E-state index in [1.807, 2.05) is 13.8 Å². The zero-order valence-corrected chi connectivity index (χ0v) is 16.8. The standard InChI is InChI=1S/C20H20F3N5O3/c1-11(2)14-9-15(26-25-14)19(29)28-6-7-30-16(10-28)18-24-17(27-31-18)12-4-3-5-13(8-12)20(21,22)23/h3-5,8-9,11,16H,6-7,10H2,1-2H3,(H,25,26)/t16-/m0/s1. The van der Waals surface area contributed by atoms with Crippen LogP contribution in [0.25, 0.3) is 11.4 Å². The number of amides is 1. The van der Waals surface area contributed by atoms with Crippen LogP contribution in [0.1, 0.15) is 53.5 Å². The average molecular weight is 435 g/mol. The Labute approximate surface area is 175 Å². The molecule has 0 radical (unpaired) electrons. The second-order valence-electron chi connectivity index (χ2n) is 7.51. The van der Waals surface area contributed by atoms with Crippen LogP contribution in [0.4, 0.5) is 13.2 Å². The maximum atomic E-state index is 13.0. The van der Waals surface area contributed by atoms with Gasteiger partial charge in [-0.15, -0.1) is 0 Å². The molecule has 1 aromatic carbocycles. The molecule has 2 aromatic heterocycles. The molecular weight excluding hydrogens is 415 g/mol. The van der Waals surface area contributed by atoms with Crippen LogP contribution < -0.4 is 0 Å². The number of hydrogen-bond acceptors (Lipinski definition) is 6. The highest BCUT2D eigenvalue weighted by atomic mass is 19.4. The fraction of sp³-hybridized carbons (Fsp3) is 0.400. The van der Waals surface area contributed by atoms with Crippen LogP contribution in [0.2, 0.25) is 0 Å². The number of ether oxygens (including phenoxy) is 1. The SMILES string of the molecule is CC(C)c1cc(C(=O)N2CCO[C@H](c3nc(-c4cccc(C(F)(F)F)c4)no3)C2)n[nH]1. The first-order chi connectivity index (χ1) is 14.7. The molecule has 164 valence electrons. The van der Waals surface area contributed by atoms with Crippen LogP contribution in [0.5, 0.6) is 0 Å². The van der Waals surface area contributed by atoms with Gasteiger partial charge in [0.2, 0.25) is 5.82 Å². The largest absolute Gasteiger partial charge is 0.416 e. The summed E-state index contributed by atoms with van der Waals surface area (Å²) in [6, 6.07) is 6.39. The van der Waals surface area contributed by atoms with Gasteiger partial charge in [0.05, 0.1) is 18.7 Å². The molecule has 1 aliphatic heterocycles. The number of H-pyrrole nitrogens is 1. The number of benzene rings is 1. The van der Waals surface area contributed by atoms with Crippen molar-refractivity contribution in [3.63, 3.8) is 0 Å². The van der Waals surface area contributed by atoms with Gasteiger partial charge in [0.1, 0.15) is 5.69 Å². The number of nitrogens with one attached hydrogen (secondary N) is 1. The van der Waals surface area contributed by atoms with Crippen LogP contribution in [0, 0.1) is 0 Å². The van der Waals surface area contributed by atoms with Gasteiger partial charge in [-0.05, 0) is 24.1 Å². The predicted molar refractivity (Wildman–Crippen MR) is 102 cm³/mol. The minimum atomic E-state index is -4.47. The van der Waals surface area contributed by atoms with Gasteiger partial charge in [0.15, 0.2) is 6.10 Å². The molecule has 11 heteroatoms. The smallest absolute Gasteiger partial charge is 0.365 e. The molecule has 0 saturated carbocycles.